The van der Waals surface area contributed by atoms with Crippen LogP contribution in [0.25, 0.3) is 53.9 Å². The number of allylic oxidation sites excluding steroid dienone is 2. The first-order chi connectivity index (χ1) is 19.4. The molecule has 42 heavy (non-hydrogen) atoms. The van der Waals surface area contributed by atoms with E-state index in [1.165, 1.54) is 52.4 Å². The van der Waals surface area contributed by atoms with Gasteiger partial charge in [0.25, 0.3) is 0 Å². The average molecular weight is 753 g/mol. The number of hydrogen-bond donors (Lipinski definition) is 1. The Bertz CT molecular complexity index is 1930. The van der Waals surface area contributed by atoms with Crippen LogP contribution in [0.3, 0.4) is 0 Å². The van der Waals surface area contributed by atoms with Gasteiger partial charge < -0.3 is 9.52 Å². The number of rotatable bonds is 3. The maximum Gasteiger partial charge on any atom is 0.155 e. The minimum atomic E-state index is -0.125. The van der Waals surface area contributed by atoms with Gasteiger partial charge in [0.1, 0.15) is 10.4 Å². The number of hydrogen-bond acceptors (Lipinski definition) is 5. The first kappa shape index (κ1) is 31.4. The Hall–Kier alpha value is -3.57. The molecule has 3 aromatic heterocycles. The Morgan fingerprint density at radius 1 is 0.976 bits per heavy atom. The first-order valence-corrected chi connectivity index (χ1v) is 14.5. The first-order valence-electron chi connectivity index (χ1n) is 13.6. The standard InChI is InChI=1S/C31H26NOS.C5H8O2.Ir/c1-18-15-21(31(3,4)5)16-19(2)28(18)27-17-20-13-14-25(32-30(20)34-27)24-11-8-10-23-22-9-6-7-12-26(22)33-29(23)24;1-4(6)3-5(2)7;/h6-10,12-17H,1-5H3;3,6H,1-2H3;/q-1;;/b;4-3-;. The summed E-state index contributed by atoms with van der Waals surface area (Å²) in [6, 6.07) is 26.8. The van der Waals surface area contributed by atoms with Gasteiger partial charge in [-0.3, -0.25) is 9.78 Å². The fraction of sp³-hybridized carbons (Fsp3) is 0.222. The third-order valence-electron chi connectivity index (χ3n) is 7.03. The minimum Gasteiger partial charge on any atom is -0.512 e. The molecule has 0 aliphatic heterocycles. The van der Waals surface area contributed by atoms with Crippen LogP contribution in [0.1, 0.15) is 51.3 Å². The number of carbonyl (C=O) groups is 1. The van der Waals surface area contributed by atoms with Crippen LogP contribution in [0.5, 0.6) is 0 Å². The van der Waals surface area contributed by atoms with Crippen molar-refractivity contribution in [2.75, 3.05) is 0 Å². The Morgan fingerprint density at radius 2 is 1.67 bits per heavy atom. The molecule has 0 atom stereocenters. The molecule has 4 nitrogen and oxygen atoms in total. The van der Waals surface area contributed by atoms with Gasteiger partial charge in [-0.1, -0.05) is 74.2 Å². The number of fused-ring (bicyclic) bond motifs is 4. The third-order valence-corrected chi connectivity index (χ3v) is 8.10. The Morgan fingerprint density at radius 3 is 2.29 bits per heavy atom. The summed E-state index contributed by atoms with van der Waals surface area (Å²) in [5.74, 6) is -0.0625. The van der Waals surface area contributed by atoms with Crippen molar-refractivity contribution >= 4 is 49.3 Å². The summed E-state index contributed by atoms with van der Waals surface area (Å²) in [6.07, 6.45) is 1.17. The van der Waals surface area contributed by atoms with Crippen LogP contribution in [0.2, 0.25) is 0 Å². The fourth-order valence-electron chi connectivity index (χ4n) is 5.14. The summed E-state index contributed by atoms with van der Waals surface area (Å²) in [6.45, 7) is 14.1. The number of aliphatic hydroxyl groups excluding tert-OH is 1. The van der Waals surface area contributed by atoms with Crippen molar-refractivity contribution in [1.29, 1.82) is 0 Å². The smallest absolute Gasteiger partial charge is 0.155 e. The van der Waals surface area contributed by atoms with E-state index in [1.54, 1.807) is 11.3 Å². The molecule has 1 N–H and O–H groups in total. The van der Waals surface area contributed by atoms with Crippen LogP contribution < -0.4 is 0 Å². The van der Waals surface area contributed by atoms with Crippen LogP contribution in [0.15, 0.2) is 83.0 Å². The number of thiophene rings is 1. The topological polar surface area (TPSA) is 63.3 Å². The second-order valence-corrected chi connectivity index (χ2v) is 12.6. The molecule has 0 saturated carbocycles. The van der Waals surface area contributed by atoms with Gasteiger partial charge in [-0.05, 0) is 73.2 Å². The number of ketones is 1. The molecular formula is C36H34IrNO3S-. The second kappa shape index (κ2) is 12.3. The number of nitrogens with zero attached hydrogens (tertiary/aromatic N) is 1. The second-order valence-electron chi connectivity index (χ2n) is 11.5. The third kappa shape index (κ3) is 6.41. The van der Waals surface area contributed by atoms with Crippen LogP contribution in [-0.2, 0) is 30.3 Å². The van der Waals surface area contributed by atoms with E-state index in [1.807, 2.05) is 24.3 Å². The molecule has 0 spiro atoms. The van der Waals surface area contributed by atoms with E-state index in [9.17, 15) is 4.79 Å². The molecule has 6 aromatic rings. The van der Waals surface area contributed by atoms with Gasteiger partial charge in [0.05, 0.1) is 11.3 Å². The van der Waals surface area contributed by atoms with E-state index in [-0.39, 0.29) is 37.1 Å². The van der Waals surface area contributed by atoms with E-state index in [2.05, 4.69) is 83.1 Å². The van der Waals surface area contributed by atoms with Gasteiger partial charge >= 0.3 is 0 Å². The number of aliphatic hydroxyl groups is 1. The summed E-state index contributed by atoms with van der Waals surface area (Å²) in [5.41, 5.74) is 9.01. The molecule has 6 rings (SSSR count). The van der Waals surface area contributed by atoms with Crippen LogP contribution >= 0.6 is 11.3 Å². The molecule has 0 bridgehead atoms. The zero-order chi connectivity index (χ0) is 29.5. The van der Waals surface area contributed by atoms with E-state index in [0.717, 1.165) is 38.0 Å². The van der Waals surface area contributed by atoms with Gasteiger partial charge in [0.2, 0.25) is 0 Å². The Labute approximate surface area is 264 Å². The van der Waals surface area contributed by atoms with Gasteiger partial charge in [0.15, 0.2) is 5.78 Å². The molecule has 0 fully saturated rings. The van der Waals surface area contributed by atoms with Gasteiger partial charge in [-0.2, -0.15) is 0 Å². The number of aryl methyl sites for hydroxylation is 2. The van der Waals surface area contributed by atoms with Crippen molar-refractivity contribution in [2.24, 2.45) is 0 Å². The molecule has 1 radical (unpaired) electrons. The van der Waals surface area contributed by atoms with Gasteiger partial charge in [-0.15, -0.1) is 29.5 Å². The number of pyridine rings is 1. The number of carbonyl (C=O) groups excluding carboxylic acids is 1. The van der Waals surface area contributed by atoms with Crippen molar-refractivity contribution in [1.82, 2.24) is 4.98 Å². The molecule has 0 amide bonds. The van der Waals surface area contributed by atoms with Crippen molar-refractivity contribution in [3.63, 3.8) is 0 Å². The van der Waals surface area contributed by atoms with Crippen LogP contribution in [-0.4, -0.2) is 15.9 Å². The van der Waals surface area contributed by atoms with Gasteiger partial charge in [-0.25, -0.2) is 0 Å². The maximum absolute atomic E-state index is 10.0. The number of para-hydroxylation sites is 1. The van der Waals surface area contributed by atoms with E-state index < -0.39 is 0 Å². The molecule has 0 unspecified atom stereocenters. The monoisotopic (exact) mass is 753 g/mol. The molecule has 6 heteroatoms. The van der Waals surface area contributed by atoms with Crippen molar-refractivity contribution < 1.29 is 34.4 Å². The summed E-state index contributed by atoms with van der Waals surface area (Å²) in [7, 11) is 0. The normalized spacial score (nSPS) is 11.8. The fourth-order valence-corrected chi connectivity index (χ4v) is 6.35. The molecule has 0 aliphatic carbocycles. The summed E-state index contributed by atoms with van der Waals surface area (Å²) in [4.78, 5) is 17.4. The molecule has 3 heterocycles. The predicted molar refractivity (Wildman–Crippen MR) is 172 cm³/mol. The number of aromatic nitrogens is 1. The van der Waals surface area contributed by atoms with E-state index >= 15 is 0 Å². The molecular weight excluding hydrogens is 719 g/mol. The molecule has 3 aromatic carbocycles. The zero-order valence-electron chi connectivity index (χ0n) is 24.9. The summed E-state index contributed by atoms with van der Waals surface area (Å²) >= 11 is 1.76. The van der Waals surface area contributed by atoms with Crippen LogP contribution in [0.4, 0.5) is 0 Å². The number of benzene rings is 3. The average Bonchev–Trinajstić information content (AvgIpc) is 3.48. The van der Waals surface area contributed by atoms with Crippen LogP contribution in [0, 0.1) is 19.9 Å². The van der Waals surface area contributed by atoms with E-state index in [0.29, 0.717) is 0 Å². The SMILES string of the molecule is CC(=O)/C=C(/C)O.Cc1cc(C(C)(C)C)cc(C)c1-c1cc2ccc(-c3[c-]ccc4c3oc3ccccc34)nc2s1.[Ir]. The molecule has 0 saturated heterocycles. The minimum absolute atomic E-state index is 0. The summed E-state index contributed by atoms with van der Waals surface area (Å²) in [5, 5.41) is 11.8. The van der Waals surface area contributed by atoms with Crippen molar-refractivity contribution in [3.05, 3.63) is 101 Å². The van der Waals surface area contributed by atoms with Crippen molar-refractivity contribution in [2.45, 2.75) is 53.9 Å². The van der Waals surface area contributed by atoms with Crippen molar-refractivity contribution in [3.8, 4) is 21.7 Å². The quantitative estimate of drug-likeness (QED) is 0.111. The van der Waals surface area contributed by atoms with E-state index in [4.69, 9.17) is 14.5 Å². The van der Waals surface area contributed by atoms with Gasteiger partial charge in [0, 0.05) is 41.8 Å². The zero-order valence-corrected chi connectivity index (χ0v) is 28.1. The Balaban J connectivity index is 0.000000454. The molecule has 217 valence electrons. The number of furan rings is 1. The summed E-state index contributed by atoms with van der Waals surface area (Å²) < 4.78 is 6.23. The predicted octanol–water partition coefficient (Wildman–Crippen LogP) is 10.3. The largest absolute Gasteiger partial charge is 0.512 e. The molecule has 0 aliphatic rings. The maximum atomic E-state index is 10.0. The Kier molecular flexibility index (Phi) is 9.22.